The molecule has 0 saturated heterocycles. The van der Waals surface area contributed by atoms with Gasteiger partial charge in [0.25, 0.3) is 0 Å². The first-order chi connectivity index (χ1) is 16.4. The summed E-state index contributed by atoms with van der Waals surface area (Å²) in [7, 11) is 0. The van der Waals surface area contributed by atoms with Gasteiger partial charge in [-0.15, -0.1) is 0 Å². The molecule has 4 rings (SSSR count). The third kappa shape index (κ3) is 5.12. The molecule has 3 heterocycles. The smallest absolute Gasteiger partial charge is 0.433 e. The highest BCUT2D eigenvalue weighted by atomic mass is 35.5. The Morgan fingerprint density at radius 1 is 1.26 bits per heavy atom. The lowest BCUT2D eigenvalue weighted by Crippen LogP contribution is -2.18. The molecule has 1 aliphatic carbocycles. The lowest BCUT2D eigenvalue weighted by atomic mass is 9.89. The molecule has 0 atom stereocenters. The van der Waals surface area contributed by atoms with E-state index in [9.17, 15) is 4.79 Å². The second kappa shape index (κ2) is 10.3. The van der Waals surface area contributed by atoms with Crippen LogP contribution in [0.2, 0.25) is 5.02 Å². The first-order valence-electron chi connectivity index (χ1n) is 11.6. The number of carboxylic acid groups (broad SMARTS) is 1. The van der Waals surface area contributed by atoms with E-state index in [1.807, 2.05) is 0 Å². The number of nitrogens with zero attached hydrogens (tertiary/aromatic N) is 5. The predicted octanol–water partition coefficient (Wildman–Crippen LogP) is 5.92. The van der Waals surface area contributed by atoms with Gasteiger partial charge >= 0.3 is 6.09 Å². The molecule has 9 heteroatoms. The van der Waals surface area contributed by atoms with Crippen LogP contribution in [0.3, 0.4) is 0 Å². The summed E-state index contributed by atoms with van der Waals surface area (Å²) >= 11 is 6.26. The van der Waals surface area contributed by atoms with Crippen LogP contribution in [0.15, 0.2) is 36.1 Å². The van der Waals surface area contributed by atoms with E-state index in [1.165, 1.54) is 32.1 Å². The largest absolute Gasteiger partial charge is 0.463 e. The van der Waals surface area contributed by atoms with E-state index in [0.717, 1.165) is 36.3 Å². The highest BCUT2D eigenvalue weighted by molar-refractivity contribution is 6.30. The molecule has 8 nitrogen and oxygen atoms in total. The van der Waals surface area contributed by atoms with Crippen molar-refractivity contribution in [3.63, 3.8) is 0 Å². The third-order valence-electron chi connectivity index (χ3n) is 6.21. The van der Waals surface area contributed by atoms with Gasteiger partial charge in [0.15, 0.2) is 5.84 Å². The van der Waals surface area contributed by atoms with Gasteiger partial charge in [0.05, 0.1) is 21.7 Å². The molecule has 0 bridgehead atoms. The predicted molar refractivity (Wildman–Crippen MR) is 135 cm³/mol. The van der Waals surface area contributed by atoms with Gasteiger partial charge in [-0.25, -0.2) is 14.8 Å². The van der Waals surface area contributed by atoms with Crippen LogP contribution < -0.4 is 5.73 Å². The van der Waals surface area contributed by atoms with Gasteiger partial charge in [0.2, 0.25) is 0 Å². The standard InChI is InChI=1S/C25H29ClN6O2/c1-3-7-15(2)24-30-19-11-20(23(27)31-25(33)34)29-21(17-10-18(26)13-28-12-17)22(19)32(24)14-16-8-5-4-6-9-16/h10-13,16H,2-9,14H2,1H3,(H2,27,31)(H,33,34). The van der Waals surface area contributed by atoms with Crippen molar-refractivity contribution in [2.75, 3.05) is 0 Å². The van der Waals surface area contributed by atoms with Crippen molar-refractivity contribution in [3.8, 4) is 11.3 Å². The molecule has 0 aromatic carbocycles. The highest BCUT2D eigenvalue weighted by Gasteiger charge is 2.24. The van der Waals surface area contributed by atoms with Crippen molar-refractivity contribution in [2.24, 2.45) is 16.6 Å². The van der Waals surface area contributed by atoms with Crippen molar-refractivity contribution >= 4 is 40.1 Å². The molecule has 34 heavy (non-hydrogen) atoms. The van der Waals surface area contributed by atoms with Gasteiger partial charge in [-0.2, -0.15) is 4.99 Å². The van der Waals surface area contributed by atoms with Gasteiger partial charge in [-0.3, -0.25) is 4.98 Å². The second-order valence-electron chi connectivity index (χ2n) is 8.80. The fourth-order valence-corrected chi connectivity index (χ4v) is 4.85. The molecule has 3 aromatic rings. The maximum atomic E-state index is 11.1. The molecule has 1 aliphatic rings. The Kier molecular flexibility index (Phi) is 7.26. The summed E-state index contributed by atoms with van der Waals surface area (Å²) in [6.45, 7) is 7.24. The molecule has 1 saturated carbocycles. The van der Waals surface area contributed by atoms with Crippen LogP contribution in [0.5, 0.6) is 0 Å². The van der Waals surface area contributed by atoms with Crippen LogP contribution in [-0.2, 0) is 6.54 Å². The minimum absolute atomic E-state index is 0.193. The summed E-state index contributed by atoms with van der Waals surface area (Å²) in [5.74, 6) is 1.18. The minimum atomic E-state index is -1.38. The summed E-state index contributed by atoms with van der Waals surface area (Å²) < 4.78 is 2.22. The summed E-state index contributed by atoms with van der Waals surface area (Å²) in [5.41, 5.74) is 9.95. The Balaban J connectivity index is 1.98. The molecule has 3 N–H and O–H groups in total. The minimum Gasteiger partial charge on any atom is -0.463 e. The van der Waals surface area contributed by atoms with E-state index in [1.54, 1.807) is 24.5 Å². The van der Waals surface area contributed by atoms with Gasteiger partial charge in [-0.1, -0.05) is 50.8 Å². The number of allylic oxidation sites excluding steroid dienone is 1. The van der Waals surface area contributed by atoms with Crippen molar-refractivity contribution in [1.82, 2.24) is 19.5 Å². The third-order valence-corrected chi connectivity index (χ3v) is 6.42. The first-order valence-corrected chi connectivity index (χ1v) is 12.0. The van der Waals surface area contributed by atoms with Gasteiger partial charge < -0.3 is 15.4 Å². The maximum absolute atomic E-state index is 11.1. The number of aliphatic imine (C=N–C) groups is 1. The summed E-state index contributed by atoms with van der Waals surface area (Å²) in [5, 5.41) is 9.56. The maximum Gasteiger partial charge on any atom is 0.433 e. The average Bonchev–Trinajstić information content (AvgIpc) is 3.17. The quantitative estimate of drug-likeness (QED) is 0.319. The number of hydrogen-bond acceptors (Lipinski definition) is 4. The fraction of sp³-hybridized carbons (Fsp3) is 0.400. The molecule has 3 aromatic heterocycles. The van der Waals surface area contributed by atoms with E-state index in [0.29, 0.717) is 27.7 Å². The van der Waals surface area contributed by atoms with Crippen LogP contribution in [0.1, 0.15) is 63.4 Å². The molecule has 0 aliphatic heterocycles. The number of pyridine rings is 2. The van der Waals surface area contributed by atoms with E-state index in [-0.39, 0.29) is 11.5 Å². The van der Waals surface area contributed by atoms with Gasteiger partial charge in [0, 0.05) is 24.5 Å². The van der Waals surface area contributed by atoms with Crippen molar-refractivity contribution in [1.29, 1.82) is 0 Å². The van der Waals surface area contributed by atoms with Gasteiger partial charge in [-0.05, 0) is 42.9 Å². The Hall–Kier alpha value is -3.26. The number of nitrogens with two attached hydrogens (primary N) is 1. The molecular weight excluding hydrogens is 452 g/mol. The second-order valence-corrected chi connectivity index (χ2v) is 9.24. The van der Waals surface area contributed by atoms with Crippen LogP contribution in [0.4, 0.5) is 4.79 Å². The first kappa shape index (κ1) is 23.9. The average molecular weight is 481 g/mol. The highest BCUT2D eigenvalue weighted by Crippen LogP contribution is 2.34. The zero-order valence-corrected chi connectivity index (χ0v) is 20.1. The van der Waals surface area contributed by atoms with E-state index < -0.39 is 6.09 Å². The number of amides is 1. The number of amidine groups is 1. The molecule has 1 fully saturated rings. The van der Waals surface area contributed by atoms with E-state index >= 15 is 0 Å². The Bertz CT molecular complexity index is 1260. The number of carbonyl (C=O) groups is 1. The lowest BCUT2D eigenvalue weighted by molar-refractivity contribution is 0.205. The molecule has 178 valence electrons. The van der Waals surface area contributed by atoms with Crippen LogP contribution in [0.25, 0.3) is 27.9 Å². The van der Waals surface area contributed by atoms with E-state index in [2.05, 4.69) is 28.0 Å². The van der Waals surface area contributed by atoms with Crippen LogP contribution in [-0.4, -0.2) is 36.6 Å². The molecule has 0 unspecified atom stereocenters. The SMILES string of the molecule is C=C(CCC)c1nc2cc(/C(N)=N/C(=O)O)nc(-c3cncc(Cl)c3)c2n1CC1CCCCC1. The topological polar surface area (TPSA) is 119 Å². The van der Waals surface area contributed by atoms with Crippen molar-refractivity contribution in [2.45, 2.75) is 58.4 Å². The molecule has 0 radical (unpaired) electrons. The van der Waals surface area contributed by atoms with E-state index in [4.69, 9.17) is 32.4 Å². The number of halogens is 1. The molecule has 0 spiro atoms. The molecular formula is C25H29ClN6O2. The summed E-state index contributed by atoms with van der Waals surface area (Å²) in [4.78, 5) is 28.5. The number of rotatable bonds is 7. The Morgan fingerprint density at radius 2 is 2.03 bits per heavy atom. The van der Waals surface area contributed by atoms with Crippen molar-refractivity contribution < 1.29 is 9.90 Å². The lowest BCUT2D eigenvalue weighted by Gasteiger charge is -2.24. The summed E-state index contributed by atoms with van der Waals surface area (Å²) in [6, 6.07) is 3.47. The monoisotopic (exact) mass is 480 g/mol. The van der Waals surface area contributed by atoms with Crippen molar-refractivity contribution in [3.05, 3.63) is 47.6 Å². The number of fused-ring (bicyclic) bond motifs is 1. The van der Waals surface area contributed by atoms with Crippen LogP contribution >= 0.6 is 11.6 Å². The zero-order chi connectivity index (χ0) is 24.2. The number of hydrogen-bond donors (Lipinski definition) is 2. The Morgan fingerprint density at radius 3 is 2.71 bits per heavy atom. The molecule has 1 amide bonds. The summed E-state index contributed by atoms with van der Waals surface area (Å²) in [6.07, 6.45) is 9.74. The Labute approximate surface area is 203 Å². The fourth-order valence-electron chi connectivity index (χ4n) is 4.68. The number of aromatic nitrogens is 4. The number of imidazole rings is 1. The van der Waals surface area contributed by atoms with Crippen LogP contribution in [0, 0.1) is 5.92 Å². The normalized spacial score (nSPS) is 15.1. The van der Waals surface area contributed by atoms with Gasteiger partial charge in [0.1, 0.15) is 11.5 Å². The zero-order valence-electron chi connectivity index (χ0n) is 19.3.